The summed E-state index contributed by atoms with van der Waals surface area (Å²) in [6.07, 6.45) is 2.30. The second kappa shape index (κ2) is 13.2. The summed E-state index contributed by atoms with van der Waals surface area (Å²) in [6, 6.07) is 23.9. The number of fused-ring (bicyclic) bond motifs is 4. The van der Waals surface area contributed by atoms with E-state index in [0.717, 1.165) is 14.2 Å². The van der Waals surface area contributed by atoms with Crippen molar-refractivity contribution in [3.05, 3.63) is 126 Å². The van der Waals surface area contributed by atoms with E-state index >= 15 is 4.79 Å². The normalized spacial score (nSPS) is 26.6. The molecule has 0 bridgehead atoms. The highest BCUT2D eigenvalue weighted by Crippen LogP contribution is 2.65. The van der Waals surface area contributed by atoms with Crippen LogP contribution in [0.25, 0.3) is 0 Å². The topological polar surface area (TPSA) is 116 Å². The van der Waals surface area contributed by atoms with Gasteiger partial charge in [0, 0.05) is 24.5 Å². The Morgan fingerprint density at radius 1 is 0.904 bits per heavy atom. The first kappa shape index (κ1) is 35.1. The Morgan fingerprint density at radius 3 is 2.33 bits per heavy atom. The first-order chi connectivity index (χ1) is 24.9. The molecule has 1 saturated carbocycles. The minimum Gasteiger partial charge on any atom is -0.508 e. The van der Waals surface area contributed by atoms with Crippen LogP contribution in [-0.4, -0.2) is 40.9 Å². The van der Waals surface area contributed by atoms with Gasteiger partial charge in [0.2, 0.25) is 11.8 Å². The minimum atomic E-state index is -1.59. The lowest BCUT2D eigenvalue weighted by Gasteiger charge is -2.50. The number of aromatic hydroxyl groups is 1. The van der Waals surface area contributed by atoms with Crippen LogP contribution in [0.4, 0.5) is 11.4 Å². The number of carbonyl (C=O) groups is 4. The molecule has 52 heavy (non-hydrogen) atoms. The largest absolute Gasteiger partial charge is 0.508 e. The molecule has 3 fully saturated rings. The van der Waals surface area contributed by atoms with E-state index in [-0.39, 0.29) is 35.4 Å². The highest BCUT2D eigenvalue weighted by atomic mass is 127. The van der Waals surface area contributed by atoms with Crippen molar-refractivity contribution in [3.63, 3.8) is 0 Å². The number of phenols is 1. The van der Waals surface area contributed by atoms with Gasteiger partial charge in [0.15, 0.2) is 0 Å². The summed E-state index contributed by atoms with van der Waals surface area (Å²) in [5.74, 6) is -5.22. The molecule has 0 unspecified atom stereocenters. The fourth-order valence-electron chi connectivity index (χ4n) is 8.79. The maximum Gasteiger partial charge on any atom is 0.260 e. The van der Waals surface area contributed by atoms with E-state index in [1.165, 1.54) is 18.1 Å². The third kappa shape index (κ3) is 5.29. The smallest absolute Gasteiger partial charge is 0.260 e. The zero-order valence-electron chi connectivity index (χ0n) is 27.4. The van der Waals surface area contributed by atoms with E-state index in [9.17, 15) is 19.5 Å². The highest BCUT2D eigenvalue weighted by molar-refractivity contribution is 14.1. The average molecular weight is 913 g/mol. The van der Waals surface area contributed by atoms with E-state index in [1.807, 2.05) is 18.2 Å². The average Bonchev–Trinajstić information content (AvgIpc) is 3.51. The van der Waals surface area contributed by atoms with Gasteiger partial charge in [0.25, 0.3) is 11.8 Å². The van der Waals surface area contributed by atoms with E-state index in [2.05, 4.69) is 43.9 Å². The number of hydrogen-bond donors (Lipinski definition) is 2. The minimum absolute atomic E-state index is 0.0785. The second-order valence-corrected chi connectivity index (χ2v) is 16.4. The van der Waals surface area contributed by atoms with Gasteiger partial charge in [-0.1, -0.05) is 62.9 Å². The number of hydrazine groups is 1. The zero-order chi connectivity index (χ0) is 36.6. The van der Waals surface area contributed by atoms with Crippen LogP contribution < -0.4 is 15.1 Å². The molecule has 0 radical (unpaired) electrons. The lowest BCUT2D eigenvalue weighted by Crippen LogP contribution is -2.53. The SMILES string of the molecule is COc1ccc([C@@]23C(=O)N(Nc4ccc(Cl)cc4Cl)C(=O)[C@@H]2C[C@@H]2C(=CC[C@@H]4C(=O)N(c5ccc(I)cc5)C(=O)[C@@H]42)[C@@H]3c2cc(Br)ccc2O)cc1. The Bertz CT molecular complexity index is 2220. The molecule has 2 heterocycles. The Kier molecular flexibility index (Phi) is 8.91. The molecule has 9 nitrogen and oxygen atoms in total. The maximum atomic E-state index is 15.4. The van der Waals surface area contributed by atoms with E-state index < -0.39 is 46.8 Å². The third-order valence-electron chi connectivity index (χ3n) is 11.0. The Labute approximate surface area is 331 Å². The zero-order valence-corrected chi connectivity index (χ0v) is 32.6. The second-order valence-electron chi connectivity index (χ2n) is 13.4. The molecule has 2 aliphatic heterocycles. The summed E-state index contributed by atoms with van der Waals surface area (Å²) < 4.78 is 7.07. The monoisotopic (exact) mass is 911 g/mol. The van der Waals surface area contributed by atoms with Crippen molar-refractivity contribution in [3.8, 4) is 11.5 Å². The third-order valence-corrected chi connectivity index (χ3v) is 12.7. The number of anilines is 2. The molecule has 4 aromatic carbocycles. The molecule has 4 aliphatic rings. The van der Waals surface area contributed by atoms with Gasteiger partial charge in [-0.15, -0.1) is 0 Å². The van der Waals surface area contributed by atoms with Gasteiger partial charge in [-0.2, -0.15) is 5.01 Å². The van der Waals surface area contributed by atoms with Gasteiger partial charge in [-0.25, -0.2) is 0 Å². The molecule has 0 spiro atoms. The number of imide groups is 2. The number of allylic oxidation sites excluding steroid dienone is 2. The number of hydrogen-bond acceptors (Lipinski definition) is 7. The van der Waals surface area contributed by atoms with Crippen molar-refractivity contribution in [1.29, 1.82) is 0 Å². The van der Waals surface area contributed by atoms with Crippen LogP contribution in [0.3, 0.4) is 0 Å². The van der Waals surface area contributed by atoms with Gasteiger partial charge < -0.3 is 9.84 Å². The van der Waals surface area contributed by atoms with Gasteiger partial charge in [0.1, 0.15) is 11.5 Å². The summed E-state index contributed by atoms with van der Waals surface area (Å²) in [6.45, 7) is 0. The quantitative estimate of drug-likeness (QED) is 0.114. The summed E-state index contributed by atoms with van der Waals surface area (Å²) in [7, 11) is 1.54. The highest BCUT2D eigenvalue weighted by Gasteiger charge is 2.70. The van der Waals surface area contributed by atoms with Crippen LogP contribution in [-0.2, 0) is 24.6 Å². The van der Waals surface area contributed by atoms with E-state index in [0.29, 0.717) is 37.7 Å². The van der Waals surface area contributed by atoms with Gasteiger partial charge in [0.05, 0.1) is 46.7 Å². The molecular formula is C39H29BrCl2IN3O6. The van der Waals surface area contributed by atoms with Crippen LogP contribution >= 0.6 is 61.7 Å². The number of nitrogens with zero attached hydrogens (tertiary/aromatic N) is 2. The maximum absolute atomic E-state index is 15.4. The van der Waals surface area contributed by atoms with Gasteiger partial charge in [-0.3, -0.25) is 29.5 Å². The van der Waals surface area contributed by atoms with E-state index in [1.54, 1.807) is 66.7 Å². The summed E-state index contributed by atoms with van der Waals surface area (Å²) in [5.41, 5.74) is 3.82. The number of carbonyl (C=O) groups excluding carboxylic acids is 4. The molecule has 6 atom stereocenters. The van der Waals surface area contributed by atoms with Crippen molar-refractivity contribution < 1.29 is 29.0 Å². The molecule has 0 aromatic heterocycles. The summed E-state index contributed by atoms with van der Waals surface area (Å²) >= 11 is 18.4. The summed E-state index contributed by atoms with van der Waals surface area (Å²) in [5, 5.41) is 13.2. The Hall–Kier alpha value is -3.91. The van der Waals surface area contributed by atoms with E-state index in [4.69, 9.17) is 27.9 Å². The van der Waals surface area contributed by atoms with Crippen molar-refractivity contribution in [1.82, 2.24) is 5.01 Å². The van der Waals surface area contributed by atoms with Crippen LogP contribution in [0, 0.1) is 27.2 Å². The van der Waals surface area contributed by atoms with Crippen molar-refractivity contribution in [2.45, 2.75) is 24.2 Å². The predicted molar refractivity (Wildman–Crippen MR) is 208 cm³/mol. The Morgan fingerprint density at radius 2 is 1.63 bits per heavy atom. The standard InChI is InChI=1S/C39H29BrCl2IN3O6/c1-52-24-10-2-19(3-11-24)39-29(36(49)46(38(39)51)44-31-14-5-21(41)17-30(31)42)18-27-25(34(39)28-16-20(40)4-15-32(28)47)12-13-26-33(27)37(50)45(35(26)48)23-8-6-22(43)7-9-23/h2-12,14-17,26-27,29,33-34,44,47H,13,18H2,1H3/t26-,27+,29-,33-,34+,39+/m0/s1. The Balaban J connectivity index is 1.34. The first-order valence-corrected chi connectivity index (χ1v) is 19.1. The fourth-order valence-corrected chi connectivity index (χ4v) is 9.98. The number of ether oxygens (including phenoxy) is 1. The molecule has 13 heteroatoms. The molecule has 2 aliphatic carbocycles. The summed E-state index contributed by atoms with van der Waals surface area (Å²) in [4.78, 5) is 60.0. The molecule has 4 amide bonds. The number of nitrogens with one attached hydrogen (secondary N) is 1. The van der Waals surface area contributed by atoms with Crippen molar-refractivity contribution in [2.24, 2.45) is 23.7 Å². The molecule has 4 aromatic rings. The lowest BCUT2D eigenvalue weighted by molar-refractivity contribution is -0.138. The number of methoxy groups -OCH3 is 1. The first-order valence-electron chi connectivity index (χ1n) is 16.5. The van der Waals surface area contributed by atoms with Crippen LogP contribution in [0.2, 0.25) is 10.0 Å². The van der Waals surface area contributed by atoms with Crippen molar-refractivity contribution in [2.75, 3.05) is 17.4 Å². The van der Waals surface area contributed by atoms with Crippen LogP contribution in [0.1, 0.15) is 29.9 Å². The molecular weight excluding hydrogens is 884 g/mol. The lowest BCUT2D eigenvalue weighted by atomic mass is 9.49. The number of benzene rings is 4. The fraction of sp³-hybridized carbons (Fsp3) is 0.231. The number of halogens is 4. The number of rotatable bonds is 6. The molecule has 264 valence electrons. The number of amides is 4. The van der Waals surface area contributed by atoms with Gasteiger partial charge >= 0.3 is 0 Å². The number of phenolic OH excluding ortho intramolecular Hbond substituents is 1. The molecule has 2 saturated heterocycles. The predicted octanol–water partition coefficient (Wildman–Crippen LogP) is 8.26. The van der Waals surface area contributed by atoms with Gasteiger partial charge in [-0.05, 0) is 120 Å². The van der Waals surface area contributed by atoms with Crippen LogP contribution in [0.5, 0.6) is 11.5 Å². The van der Waals surface area contributed by atoms with Crippen molar-refractivity contribution >= 4 is 96.7 Å². The molecule has 2 N–H and O–H groups in total. The van der Waals surface area contributed by atoms with Crippen LogP contribution in [0.15, 0.2) is 101 Å². The molecule has 8 rings (SSSR count).